The molecule has 3 rings (SSSR count). The van der Waals surface area contributed by atoms with E-state index in [0.29, 0.717) is 6.92 Å². The Kier molecular flexibility index (Phi) is 5.31. The van der Waals surface area contributed by atoms with Crippen molar-refractivity contribution in [1.29, 1.82) is 0 Å². The highest BCUT2D eigenvalue weighted by Gasteiger charge is 2.45. The van der Waals surface area contributed by atoms with Crippen LogP contribution in [-0.4, -0.2) is 36.0 Å². The minimum Gasteiger partial charge on any atom is -0.480 e. The van der Waals surface area contributed by atoms with E-state index in [1.165, 1.54) is 0 Å². The molecule has 1 aliphatic rings. The van der Waals surface area contributed by atoms with E-state index in [1.807, 2.05) is 53.8 Å². The lowest BCUT2D eigenvalue weighted by Gasteiger charge is -2.23. The highest BCUT2D eigenvalue weighted by atomic mass is 19.4. The lowest BCUT2D eigenvalue weighted by Crippen LogP contribution is -2.49. The molecule has 0 spiro atoms. The maximum Gasteiger partial charge on any atom is 0.407 e. The third kappa shape index (κ3) is 3.81. The minimum absolute atomic E-state index is 0.118. The highest BCUT2D eigenvalue weighted by Crippen LogP contribution is 2.44. The number of hydrogen-bond acceptors (Lipinski definition) is 3. The summed E-state index contributed by atoms with van der Waals surface area (Å²) in [5.74, 6) is -4.31. The van der Waals surface area contributed by atoms with Crippen LogP contribution >= 0.6 is 0 Å². The zero-order valence-electron chi connectivity index (χ0n) is 14.9. The number of rotatable bonds is 5. The highest BCUT2D eigenvalue weighted by molar-refractivity contribution is 5.81. The Labute approximate surface area is 159 Å². The normalized spacial score (nSPS) is 15.3. The number of benzene rings is 2. The first kappa shape index (κ1) is 19.7. The SMILES string of the molecule is C[C@@H]([C@H](NC(=O)OCC1c2ccccc2-c2ccccc21)C(=O)O)C(F)(F)F. The molecule has 0 radical (unpaired) electrons. The minimum atomic E-state index is -4.76. The van der Waals surface area contributed by atoms with Gasteiger partial charge in [-0.05, 0) is 22.3 Å². The number of ether oxygens (including phenoxy) is 1. The second-order valence-corrected chi connectivity index (χ2v) is 6.62. The molecule has 8 heteroatoms. The van der Waals surface area contributed by atoms with Gasteiger partial charge in [-0.25, -0.2) is 9.59 Å². The summed E-state index contributed by atoms with van der Waals surface area (Å²) in [6, 6.07) is 13.0. The summed E-state index contributed by atoms with van der Waals surface area (Å²) in [7, 11) is 0. The van der Waals surface area contributed by atoms with E-state index in [2.05, 4.69) is 0 Å². The van der Waals surface area contributed by atoms with E-state index in [-0.39, 0.29) is 12.5 Å². The van der Waals surface area contributed by atoms with Crippen molar-refractivity contribution in [3.63, 3.8) is 0 Å². The maximum atomic E-state index is 12.8. The Morgan fingerprint density at radius 2 is 1.57 bits per heavy atom. The Balaban J connectivity index is 1.72. The quantitative estimate of drug-likeness (QED) is 0.799. The number of aliphatic carboxylic acids is 1. The lowest BCUT2D eigenvalue weighted by atomic mass is 9.98. The van der Waals surface area contributed by atoms with Crippen LogP contribution in [0.3, 0.4) is 0 Å². The molecule has 0 saturated carbocycles. The van der Waals surface area contributed by atoms with Gasteiger partial charge < -0.3 is 15.2 Å². The van der Waals surface area contributed by atoms with Gasteiger partial charge in [0.05, 0.1) is 5.92 Å². The molecule has 0 bridgehead atoms. The van der Waals surface area contributed by atoms with E-state index >= 15 is 0 Å². The summed E-state index contributed by atoms with van der Waals surface area (Å²) >= 11 is 0. The maximum absolute atomic E-state index is 12.8. The first-order chi connectivity index (χ1) is 13.2. The Bertz CT molecular complexity index is 852. The Hall–Kier alpha value is -3.03. The van der Waals surface area contributed by atoms with Crippen molar-refractivity contribution in [3.8, 4) is 11.1 Å². The number of carboxylic acid groups (broad SMARTS) is 1. The Morgan fingerprint density at radius 1 is 1.07 bits per heavy atom. The van der Waals surface area contributed by atoms with E-state index < -0.39 is 30.2 Å². The lowest BCUT2D eigenvalue weighted by molar-refractivity contribution is -0.184. The fourth-order valence-electron chi connectivity index (χ4n) is 3.36. The second kappa shape index (κ2) is 7.53. The van der Waals surface area contributed by atoms with Gasteiger partial charge in [0, 0.05) is 5.92 Å². The van der Waals surface area contributed by atoms with Gasteiger partial charge in [-0.1, -0.05) is 55.5 Å². The summed E-state index contributed by atoms with van der Waals surface area (Å²) < 4.78 is 43.6. The molecule has 2 aromatic carbocycles. The molecule has 0 heterocycles. The van der Waals surface area contributed by atoms with Crippen molar-refractivity contribution in [2.24, 2.45) is 5.92 Å². The largest absolute Gasteiger partial charge is 0.480 e. The molecule has 0 aliphatic heterocycles. The van der Waals surface area contributed by atoms with E-state index in [4.69, 9.17) is 9.84 Å². The van der Waals surface area contributed by atoms with Crippen molar-refractivity contribution >= 4 is 12.1 Å². The number of amides is 1. The van der Waals surface area contributed by atoms with Gasteiger partial charge in [-0.3, -0.25) is 0 Å². The third-order valence-electron chi connectivity index (χ3n) is 4.90. The number of carbonyl (C=O) groups excluding carboxylic acids is 1. The van der Waals surface area contributed by atoms with Gasteiger partial charge in [0.1, 0.15) is 12.6 Å². The summed E-state index contributed by atoms with van der Waals surface area (Å²) in [4.78, 5) is 23.1. The average Bonchev–Trinajstić information content (AvgIpc) is 2.97. The van der Waals surface area contributed by atoms with E-state index in [0.717, 1.165) is 22.3 Å². The smallest absolute Gasteiger partial charge is 0.407 e. The van der Waals surface area contributed by atoms with Crippen LogP contribution in [0.2, 0.25) is 0 Å². The number of alkyl carbamates (subject to hydrolysis) is 1. The zero-order valence-corrected chi connectivity index (χ0v) is 14.9. The van der Waals surface area contributed by atoms with Crippen molar-refractivity contribution in [3.05, 3.63) is 59.7 Å². The van der Waals surface area contributed by atoms with Crippen LogP contribution < -0.4 is 5.32 Å². The fraction of sp³-hybridized carbons (Fsp3) is 0.300. The van der Waals surface area contributed by atoms with Gasteiger partial charge in [0.2, 0.25) is 0 Å². The summed E-state index contributed by atoms with van der Waals surface area (Å²) in [6.07, 6.45) is -5.97. The van der Waals surface area contributed by atoms with Crippen molar-refractivity contribution in [2.75, 3.05) is 6.61 Å². The number of halogens is 3. The summed E-state index contributed by atoms with van der Waals surface area (Å²) in [5.41, 5.74) is 3.88. The van der Waals surface area contributed by atoms with Crippen LogP contribution in [0.15, 0.2) is 48.5 Å². The van der Waals surface area contributed by atoms with Gasteiger partial charge in [-0.15, -0.1) is 0 Å². The van der Waals surface area contributed by atoms with Gasteiger partial charge >= 0.3 is 18.2 Å². The molecule has 0 saturated heterocycles. The molecular weight excluding hydrogens is 375 g/mol. The molecule has 2 N–H and O–H groups in total. The average molecular weight is 393 g/mol. The molecule has 0 fully saturated rings. The van der Waals surface area contributed by atoms with Crippen LogP contribution in [-0.2, 0) is 9.53 Å². The first-order valence-corrected chi connectivity index (χ1v) is 8.61. The molecule has 28 heavy (non-hydrogen) atoms. The molecular formula is C20H18F3NO4. The number of nitrogens with one attached hydrogen (secondary N) is 1. The topological polar surface area (TPSA) is 75.6 Å². The predicted molar refractivity (Wildman–Crippen MR) is 94.8 cm³/mol. The van der Waals surface area contributed by atoms with Gasteiger partial charge in [-0.2, -0.15) is 13.2 Å². The zero-order chi connectivity index (χ0) is 20.5. The van der Waals surface area contributed by atoms with Gasteiger partial charge in [0.25, 0.3) is 0 Å². The van der Waals surface area contributed by atoms with E-state index in [1.54, 1.807) is 0 Å². The van der Waals surface area contributed by atoms with Crippen LogP contribution in [0.4, 0.5) is 18.0 Å². The summed E-state index contributed by atoms with van der Waals surface area (Å²) in [6.45, 7) is 0.578. The van der Waals surface area contributed by atoms with Crippen LogP contribution in [0, 0.1) is 5.92 Å². The van der Waals surface area contributed by atoms with Crippen molar-refractivity contribution < 1.29 is 32.6 Å². The van der Waals surface area contributed by atoms with Crippen molar-refractivity contribution in [1.82, 2.24) is 5.32 Å². The number of fused-ring (bicyclic) bond motifs is 3. The monoisotopic (exact) mass is 393 g/mol. The molecule has 0 aromatic heterocycles. The second-order valence-electron chi connectivity index (χ2n) is 6.62. The first-order valence-electron chi connectivity index (χ1n) is 8.61. The van der Waals surface area contributed by atoms with Crippen molar-refractivity contribution in [2.45, 2.75) is 25.1 Å². The van der Waals surface area contributed by atoms with Gasteiger partial charge in [0.15, 0.2) is 0 Å². The molecule has 2 aromatic rings. The number of alkyl halides is 3. The van der Waals surface area contributed by atoms with Crippen LogP contribution in [0.1, 0.15) is 24.0 Å². The predicted octanol–water partition coefficient (Wildman–Crippen LogP) is 4.18. The van der Waals surface area contributed by atoms with Crippen LogP contribution in [0.25, 0.3) is 11.1 Å². The molecule has 1 amide bonds. The summed E-state index contributed by atoms with van der Waals surface area (Å²) in [5, 5.41) is 10.8. The molecule has 2 atom stereocenters. The van der Waals surface area contributed by atoms with Crippen LogP contribution in [0.5, 0.6) is 0 Å². The third-order valence-corrected chi connectivity index (χ3v) is 4.90. The standard InChI is InChI=1S/C20H18F3NO4/c1-11(20(21,22)23)17(18(25)26)24-19(27)28-10-16-14-8-4-2-6-12(14)13-7-3-5-9-15(13)16/h2-9,11,16-17H,10H2,1H3,(H,24,27)(H,25,26)/t11-,17-/m0/s1. The number of carbonyl (C=O) groups is 2. The molecule has 0 unspecified atom stereocenters. The molecule has 1 aliphatic carbocycles. The molecule has 5 nitrogen and oxygen atoms in total. The number of hydrogen-bond donors (Lipinski definition) is 2. The van der Waals surface area contributed by atoms with E-state index in [9.17, 15) is 22.8 Å². The Morgan fingerprint density at radius 3 is 2.04 bits per heavy atom. The fourth-order valence-corrected chi connectivity index (χ4v) is 3.36. The molecule has 148 valence electrons. The number of carboxylic acids is 1.